The lowest BCUT2D eigenvalue weighted by Gasteiger charge is -2.35. The van der Waals surface area contributed by atoms with Gasteiger partial charge in [0.1, 0.15) is 0 Å². The molecule has 2 rings (SSSR count). The number of aliphatic imine (C=N–C) groups is 1. The van der Waals surface area contributed by atoms with Crippen LogP contribution in [-0.4, -0.2) is 67.5 Å². The SMILES string of the molecule is CN=C(NC[C@H]1CCCN1CC(C)C)N1CCCC(CC(N)=O)C1.I. The van der Waals surface area contributed by atoms with Gasteiger partial charge in [-0.1, -0.05) is 13.8 Å². The molecule has 2 aliphatic heterocycles. The predicted molar refractivity (Wildman–Crippen MR) is 114 cm³/mol. The quantitative estimate of drug-likeness (QED) is 0.357. The fourth-order valence-corrected chi connectivity index (χ4v) is 4.09. The third kappa shape index (κ3) is 7.29. The van der Waals surface area contributed by atoms with E-state index in [1.807, 2.05) is 7.05 Å². The number of nitrogens with two attached hydrogens (primary N) is 1. The van der Waals surface area contributed by atoms with Crippen molar-refractivity contribution in [2.75, 3.05) is 39.8 Å². The molecule has 2 heterocycles. The Balaban J connectivity index is 0.00000312. The molecule has 146 valence electrons. The van der Waals surface area contributed by atoms with Crippen molar-refractivity contribution >= 4 is 35.8 Å². The maximum absolute atomic E-state index is 11.2. The molecular formula is C18H36IN5O. The number of nitrogens with zero attached hydrogens (tertiary/aromatic N) is 3. The summed E-state index contributed by atoms with van der Waals surface area (Å²) in [5.74, 6) is 1.85. The maximum Gasteiger partial charge on any atom is 0.217 e. The van der Waals surface area contributed by atoms with Gasteiger partial charge in [0.25, 0.3) is 0 Å². The van der Waals surface area contributed by atoms with Crippen LogP contribution in [0.1, 0.15) is 46.0 Å². The number of carbonyl (C=O) groups is 1. The minimum absolute atomic E-state index is 0. The van der Waals surface area contributed by atoms with Gasteiger partial charge in [-0.2, -0.15) is 0 Å². The van der Waals surface area contributed by atoms with Gasteiger partial charge in [0.15, 0.2) is 5.96 Å². The second kappa shape index (κ2) is 11.2. The summed E-state index contributed by atoms with van der Waals surface area (Å²) in [4.78, 5) is 20.6. The van der Waals surface area contributed by atoms with Crippen LogP contribution in [0.4, 0.5) is 0 Å². The molecule has 1 amide bonds. The highest BCUT2D eigenvalue weighted by atomic mass is 127. The van der Waals surface area contributed by atoms with Crippen molar-refractivity contribution in [2.24, 2.45) is 22.6 Å². The number of amides is 1. The van der Waals surface area contributed by atoms with Gasteiger partial charge in [-0.15, -0.1) is 24.0 Å². The van der Waals surface area contributed by atoms with E-state index in [-0.39, 0.29) is 29.9 Å². The van der Waals surface area contributed by atoms with Gasteiger partial charge in [0.2, 0.25) is 5.91 Å². The first-order chi connectivity index (χ1) is 11.5. The lowest BCUT2D eigenvalue weighted by molar-refractivity contribution is -0.119. The van der Waals surface area contributed by atoms with Crippen molar-refractivity contribution < 1.29 is 4.79 Å². The molecular weight excluding hydrogens is 429 g/mol. The molecule has 25 heavy (non-hydrogen) atoms. The number of piperidine rings is 1. The first-order valence-corrected chi connectivity index (χ1v) is 9.47. The molecule has 0 spiro atoms. The normalized spacial score (nSPS) is 25.1. The number of hydrogen-bond donors (Lipinski definition) is 2. The van der Waals surface area contributed by atoms with Gasteiger partial charge >= 0.3 is 0 Å². The molecule has 0 aromatic heterocycles. The van der Waals surface area contributed by atoms with Gasteiger partial charge in [-0.3, -0.25) is 14.7 Å². The molecule has 0 aromatic carbocycles. The standard InChI is InChI=1S/C18H35N5O.HI/c1-14(2)12-22-8-5-7-16(22)11-21-18(20-3)23-9-4-6-15(13-23)10-17(19)24;/h14-16H,4-13H2,1-3H3,(H2,19,24)(H,20,21);1H/t15?,16-;/m1./s1. The zero-order valence-electron chi connectivity index (χ0n) is 16.0. The van der Waals surface area contributed by atoms with Gasteiger partial charge in [-0.05, 0) is 44.1 Å². The fourth-order valence-electron chi connectivity index (χ4n) is 4.09. The van der Waals surface area contributed by atoms with Gasteiger partial charge < -0.3 is 16.0 Å². The molecule has 0 radical (unpaired) electrons. The van der Waals surface area contributed by atoms with Crippen LogP contribution >= 0.6 is 24.0 Å². The average molecular weight is 465 g/mol. The highest BCUT2D eigenvalue weighted by Crippen LogP contribution is 2.20. The number of hydrogen-bond acceptors (Lipinski definition) is 3. The molecule has 6 nitrogen and oxygen atoms in total. The number of carbonyl (C=O) groups excluding carboxylic acids is 1. The van der Waals surface area contributed by atoms with E-state index in [2.05, 4.69) is 34.0 Å². The van der Waals surface area contributed by atoms with Crippen LogP contribution in [0.5, 0.6) is 0 Å². The second-order valence-corrected chi connectivity index (χ2v) is 7.74. The average Bonchev–Trinajstić information content (AvgIpc) is 2.94. The lowest BCUT2D eigenvalue weighted by Crippen LogP contribution is -2.50. The minimum atomic E-state index is -0.194. The summed E-state index contributed by atoms with van der Waals surface area (Å²) in [6, 6.07) is 0.607. The molecule has 2 fully saturated rings. The number of halogens is 1. The number of rotatable bonds is 6. The monoisotopic (exact) mass is 465 g/mol. The molecule has 7 heteroatoms. The van der Waals surface area contributed by atoms with Crippen LogP contribution in [0, 0.1) is 11.8 Å². The highest BCUT2D eigenvalue weighted by Gasteiger charge is 2.27. The maximum atomic E-state index is 11.2. The van der Waals surface area contributed by atoms with Crippen LogP contribution in [0.3, 0.4) is 0 Å². The third-order valence-electron chi connectivity index (χ3n) is 5.11. The fraction of sp³-hybridized carbons (Fsp3) is 0.889. The number of nitrogens with one attached hydrogen (secondary N) is 1. The Labute approximate surface area is 170 Å². The molecule has 2 saturated heterocycles. The van der Waals surface area contributed by atoms with E-state index in [1.54, 1.807) is 0 Å². The van der Waals surface area contributed by atoms with Crippen LogP contribution in [-0.2, 0) is 4.79 Å². The highest BCUT2D eigenvalue weighted by molar-refractivity contribution is 14.0. The van der Waals surface area contributed by atoms with Crippen LogP contribution in [0.15, 0.2) is 4.99 Å². The van der Waals surface area contributed by atoms with Gasteiger partial charge in [-0.25, -0.2) is 0 Å². The Bertz CT molecular complexity index is 443. The summed E-state index contributed by atoms with van der Waals surface area (Å²) in [6.07, 6.45) is 5.23. The van der Waals surface area contributed by atoms with Crippen molar-refractivity contribution in [3.63, 3.8) is 0 Å². The summed E-state index contributed by atoms with van der Waals surface area (Å²) in [5, 5.41) is 3.58. The van der Waals surface area contributed by atoms with E-state index >= 15 is 0 Å². The van der Waals surface area contributed by atoms with Crippen molar-refractivity contribution in [2.45, 2.75) is 52.0 Å². The number of primary amides is 1. The Morgan fingerprint density at radius 1 is 1.28 bits per heavy atom. The van der Waals surface area contributed by atoms with E-state index in [0.29, 0.717) is 24.3 Å². The Morgan fingerprint density at radius 2 is 2.00 bits per heavy atom. The number of likely N-dealkylation sites (tertiary alicyclic amines) is 2. The van der Waals surface area contributed by atoms with E-state index < -0.39 is 0 Å². The van der Waals surface area contributed by atoms with Crippen molar-refractivity contribution in [3.8, 4) is 0 Å². The molecule has 0 saturated carbocycles. The van der Waals surface area contributed by atoms with Gasteiger partial charge in [0, 0.05) is 45.7 Å². The van der Waals surface area contributed by atoms with Crippen molar-refractivity contribution in [3.05, 3.63) is 0 Å². The lowest BCUT2D eigenvalue weighted by atomic mass is 9.95. The number of guanidine groups is 1. The van der Waals surface area contributed by atoms with Crippen molar-refractivity contribution in [1.29, 1.82) is 0 Å². The van der Waals surface area contributed by atoms with E-state index in [4.69, 9.17) is 5.73 Å². The molecule has 0 aliphatic carbocycles. The Morgan fingerprint density at radius 3 is 2.64 bits per heavy atom. The zero-order valence-corrected chi connectivity index (χ0v) is 18.4. The van der Waals surface area contributed by atoms with E-state index in [1.165, 1.54) is 25.9 Å². The molecule has 1 unspecified atom stereocenters. The molecule has 3 N–H and O–H groups in total. The molecule has 2 atom stereocenters. The third-order valence-corrected chi connectivity index (χ3v) is 5.11. The van der Waals surface area contributed by atoms with Crippen LogP contribution in [0.2, 0.25) is 0 Å². The summed E-state index contributed by atoms with van der Waals surface area (Å²) >= 11 is 0. The molecule has 2 aliphatic rings. The van der Waals surface area contributed by atoms with Crippen molar-refractivity contribution in [1.82, 2.24) is 15.1 Å². The topological polar surface area (TPSA) is 74.0 Å². The predicted octanol–water partition coefficient (Wildman–Crippen LogP) is 1.89. The zero-order chi connectivity index (χ0) is 17.5. The molecule has 0 aromatic rings. The summed E-state index contributed by atoms with van der Waals surface area (Å²) in [6.45, 7) is 9.81. The second-order valence-electron chi connectivity index (χ2n) is 7.74. The Kier molecular flexibility index (Phi) is 10.1. The largest absolute Gasteiger partial charge is 0.370 e. The first-order valence-electron chi connectivity index (χ1n) is 9.47. The summed E-state index contributed by atoms with van der Waals surface area (Å²) < 4.78 is 0. The van der Waals surface area contributed by atoms with E-state index in [0.717, 1.165) is 38.4 Å². The smallest absolute Gasteiger partial charge is 0.217 e. The molecule has 0 bridgehead atoms. The minimum Gasteiger partial charge on any atom is -0.370 e. The summed E-state index contributed by atoms with van der Waals surface area (Å²) in [5.41, 5.74) is 5.36. The first kappa shape index (κ1) is 22.5. The van der Waals surface area contributed by atoms with Crippen LogP contribution in [0.25, 0.3) is 0 Å². The van der Waals surface area contributed by atoms with Gasteiger partial charge in [0.05, 0.1) is 0 Å². The summed E-state index contributed by atoms with van der Waals surface area (Å²) in [7, 11) is 1.85. The van der Waals surface area contributed by atoms with Crippen LogP contribution < -0.4 is 11.1 Å². The Hall–Kier alpha value is -0.570. The van der Waals surface area contributed by atoms with E-state index in [9.17, 15) is 4.79 Å².